The maximum absolute atomic E-state index is 13.4. The second kappa shape index (κ2) is 7.25. The summed E-state index contributed by atoms with van der Waals surface area (Å²) in [6, 6.07) is 3.95. The van der Waals surface area contributed by atoms with Gasteiger partial charge in [-0.2, -0.15) is 0 Å². The summed E-state index contributed by atoms with van der Waals surface area (Å²) in [7, 11) is 0. The van der Waals surface area contributed by atoms with Gasteiger partial charge in [0.25, 0.3) is 5.91 Å². The summed E-state index contributed by atoms with van der Waals surface area (Å²) in [6.07, 6.45) is 2.31. The van der Waals surface area contributed by atoms with Crippen molar-refractivity contribution in [3.8, 4) is 0 Å². The molecular formula is C12H15ClFNO2. The summed E-state index contributed by atoms with van der Waals surface area (Å²) in [5.41, 5.74) is -0.00319. The number of carbonyl (C=O) groups excluding carboxylic acids is 1. The van der Waals surface area contributed by atoms with Crippen molar-refractivity contribution in [2.45, 2.75) is 19.3 Å². The number of unbranched alkanes of at least 4 members (excludes halogenated alkanes) is 2. The fourth-order valence-corrected chi connectivity index (χ4v) is 1.54. The van der Waals surface area contributed by atoms with Gasteiger partial charge in [-0.1, -0.05) is 11.6 Å². The number of carbonyl (C=O) groups is 1. The smallest absolute Gasteiger partial charge is 0.254 e. The summed E-state index contributed by atoms with van der Waals surface area (Å²) in [5, 5.41) is 11.4. The predicted octanol–water partition coefficient (Wildman–Crippen LogP) is 2.37. The number of amides is 1. The fourth-order valence-electron chi connectivity index (χ4n) is 1.38. The molecule has 1 aromatic carbocycles. The van der Waals surface area contributed by atoms with E-state index in [0.717, 1.165) is 18.9 Å². The van der Waals surface area contributed by atoms with Crippen LogP contribution >= 0.6 is 11.6 Å². The van der Waals surface area contributed by atoms with Crippen LogP contribution in [0, 0.1) is 5.82 Å². The number of hydrogen-bond donors (Lipinski definition) is 2. The van der Waals surface area contributed by atoms with Crippen molar-refractivity contribution in [3.63, 3.8) is 0 Å². The van der Waals surface area contributed by atoms with Gasteiger partial charge in [-0.3, -0.25) is 4.79 Å². The van der Waals surface area contributed by atoms with Crippen LogP contribution in [0.1, 0.15) is 29.6 Å². The van der Waals surface area contributed by atoms with E-state index < -0.39 is 11.7 Å². The molecule has 0 aliphatic heterocycles. The first-order valence-corrected chi connectivity index (χ1v) is 5.87. The minimum Gasteiger partial charge on any atom is -0.396 e. The lowest BCUT2D eigenvalue weighted by molar-refractivity contribution is 0.0949. The van der Waals surface area contributed by atoms with Crippen molar-refractivity contribution in [1.29, 1.82) is 0 Å². The normalized spacial score (nSPS) is 10.3. The third kappa shape index (κ3) is 4.71. The molecule has 5 heteroatoms. The Labute approximate surface area is 105 Å². The maximum atomic E-state index is 13.4. The Kier molecular flexibility index (Phi) is 5.94. The largest absolute Gasteiger partial charge is 0.396 e. The zero-order valence-corrected chi connectivity index (χ0v) is 10.1. The van der Waals surface area contributed by atoms with Crippen LogP contribution in [0.3, 0.4) is 0 Å². The number of nitrogens with one attached hydrogen (secondary N) is 1. The van der Waals surface area contributed by atoms with E-state index >= 15 is 0 Å². The Morgan fingerprint density at radius 3 is 2.76 bits per heavy atom. The van der Waals surface area contributed by atoms with Gasteiger partial charge in [0.15, 0.2) is 0 Å². The Bertz CT molecular complexity index is 385. The lowest BCUT2D eigenvalue weighted by Gasteiger charge is -2.06. The third-order valence-corrected chi connectivity index (χ3v) is 2.53. The Morgan fingerprint density at radius 2 is 2.12 bits per heavy atom. The number of halogens is 2. The first-order chi connectivity index (χ1) is 8.15. The van der Waals surface area contributed by atoms with E-state index in [4.69, 9.17) is 16.7 Å². The van der Waals surface area contributed by atoms with E-state index in [1.807, 2.05) is 0 Å². The fraction of sp³-hybridized carbons (Fsp3) is 0.417. The van der Waals surface area contributed by atoms with Gasteiger partial charge < -0.3 is 10.4 Å². The highest BCUT2D eigenvalue weighted by atomic mass is 35.5. The Morgan fingerprint density at radius 1 is 1.35 bits per heavy atom. The summed E-state index contributed by atoms with van der Waals surface area (Å²) < 4.78 is 13.4. The van der Waals surface area contributed by atoms with Gasteiger partial charge in [0.1, 0.15) is 5.82 Å². The molecular weight excluding hydrogens is 245 g/mol. The minimum absolute atomic E-state index is 0.00319. The topological polar surface area (TPSA) is 49.3 Å². The van der Waals surface area contributed by atoms with Crippen LogP contribution in [0.15, 0.2) is 18.2 Å². The molecule has 0 fully saturated rings. The van der Waals surface area contributed by atoms with Crippen LogP contribution in [0.4, 0.5) is 4.39 Å². The second-order valence-electron chi connectivity index (χ2n) is 3.66. The van der Waals surface area contributed by atoms with Gasteiger partial charge in [-0.15, -0.1) is 0 Å². The number of hydrogen-bond acceptors (Lipinski definition) is 2. The van der Waals surface area contributed by atoms with Crippen LogP contribution < -0.4 is 5.32 Å². The molecule has 0 radical (unpaired) electrons. The average Bonchev–Trinajstić information content (AvgIpc) is 2.28. The van der Waals surface area contributed by atoms with Crippen molar-refractivity contribution in [1.82, 2.24) is 5.32 Å². The molecule has 0 aliphatic carbocycles. The number of benzene rings is 1. The molecule has 0 heterocycles. The summed E-state index contributed by atoms with van der Waals surface area (Å²) >= 11 is 5.59. The van der Waals surface area contributed by atoms with Crippen LogP contribution in [0.25, 0.3) is 0 Å². The molecule has 0 bridgehead atoms. The molecule has 1 amide bonds. The van der Waals surface area contributed by atoms with Crippen molar-refractivity contribution in [3.05, 3.63) is 34.6 Å². The highest BCUT2D eigenvalue weighted by Crippen LogP contribution is 2.14. The Balaban J connectivity index is 2.42. The first-order valence-electron chi connectivity index (χ1n) is 5.49. The molecule has 17 heavy (non-hydrogen) atoms. The predicted molar refractivity (Wildman–Crippen MR) is 64.7 cm³/mol. The first kappa shape index (κ1) is 13.9. The van der Waals surface area contributed by atoms with E-state index in [0.29, 0.717) is 13.0 Å². The number of aliphatic hydroxyl groups is 1. The highest BCUT2D eigenvalue weighted by molar-refractivity contribution is 6.30. The van der Waals surface area contributed by atoms with E-state index in [2.05, 4.69) is 5.32 Å². The molecule has 94 valence electrons. The average molecular weight is 260 g/mol. The zero-order chi connectivity index (χ0) is 12.7. The van der Waals surface area contributed by atoms with Crippen LogP contribution in [0.2, 0.25) is 5.02 Å². The molecule has 1 aromatic rings. The van der Waals surface area contributed by atoms with Crippen molar-refractivity contribution >= 4 is 17.5 Å². The van der Waals surface area contributed by atoms with E-state index in [1.165, 1.54) is 12.1 Å². The zero-order valence-electron chi connectivity index (χ0n) is 9.38. The van der Waals surface area contributed by atoms with Crippen LogP contribution in [0.5, 0.6) is 0 Å². The molecule has 0 saturated carbocycles. The summed E-state index contributed by atoms with van der Waals surface area (Å²) in [4.78, 5) is 11.6. The van der Waals surface area contributed by atoms with Crippen molar-refractivity contribution < 1.29 is 14.3 Å². The maximum Gasteiger partial charge on any atom is 0.254 e. The SMILES string of the molecule is O=C(NCCCCCO)c1ccc(Cl)cc1F. The van der Waals surface area contributed by atoms with Gasteiger partial charge >= 0.3 is 0 Å². The number of rotatable bonds is 6. The molecule has 0 saturated heterocycles. The molecule has 1 rings (SSSR count). The lowest BCUT2D eigenvalue weighted by atomic mass is 10.2. The van der Waals surface area contributed by atoms with Crippen LogP contribution in [-0.2, 0) is 0 Å². The molecule has 3 nitrogen and oxygen atoms in total. The molecule has 0 unspecified atom stereocenters. The van der Waals surface area contributed by atoms with Gasteiger partial charge in [0.05, 0.1) is 5.56 Å². The standard InChI is InChI=1S/C12H15ClFNO2/c13-9-4-5-10(11(14)8-9)12(17)15-6-2-1-3-7-16/h4-5,8,16H,1-3,6-7H2,(H,15,17). The van der Waals surface area contributed by atoms with Crippen LogP contribution in [-0.4, -0.2) is 24.2 Å². The van der Waals surface area contributed by atoms with E-state index in [1.54, 1.807) is 0 Å². The monoisotopic (exact) mass is 259 g/mol. The summed E-state index contributed by atoms with van der Waals surface area (Å²) in [6.45, 7) is 0.626. The molecule has 0 aliphatic rings. The van der Waals surface area contributed by atoms with Gasteiger partial charge in [0, 0.05) is 18.2 Å². The highest BCUT2D eigenvalue weighted by Gasteiger charge is 2.10. The molecule has 2 N–H and O–H groups in total. The molecule has 0 aromatic heterocycles. The summed E-state index contributed by atoms with van der Waals surface area (Å²) in [5.74, 6) is -1.06. The van der Waals surface area contributed by atoms with Gasteiger partial charge in [-0.25, -0.2) is 4.39 Å². The van der Waals surface area contributed by atoms with Crippen molar-refractivity contribution in [2.75, 3.05) is 13.2 Å². The lowest BCUT2D eigenvalue weighted by Crippen LogP contribution is -2.25. The second-order valence-corrected chi connectivity index (χ2v) is 4.10. The number of aliphatic hydroxyl groups excluding tert-OH is 1. The van der Waals surface area contributed by atoms with Crippen molar-refractivity contribution in [2.24, 2.45) is 0 Å². The van der Waals surface area contributed by atoms with Gasteiger partial charge in [0.2, 0.25) is 0 Å². The molecule has 0 atom stereocenters. The minimum atomic E-state index is -0.620. The third-order valence-electron chi connectivity index (χ3n) is 2.30. The van der Waals surface area contributed by atoms with Gasteiger partial charge in [-0.05, 0) is 37.5 Å². The van der Waals surface area contributed by atoms with E-state index in [9.17, 15) is 9.18 Å². The van der Waals surface area contributed by atoms with E-state index in [-0.39, 0.29) is 17.2 Å². The molecule has 0 spiro atoms. The quantitative estimate of drug-likeness (QED) is 0.771. The Hall–Kier alpha value is -1.13.